The van der Waals surface area contributed by atoms with Gasteiger partial charge in [0.05, 0.1) is 6.42 Å². The first-order chi connectivity index (χ1) is 9.93. The van der Waals surface area contributed by atoms with Gasteiger partial charge in [-0.2, -0.15) is 0 Å². The summed E-state index contributed by atoms with van der Waals surface area (Å²) >= 11 is 0. The van der Waals surface area contributed by atoms with Gasteiger partial charge in [0, 0.05) is 12.0 Å². The number of hydrogen-bond donors (Lipinski definition) is 0. The molecule has 0 amide bonds. The van der Waals surface area contributed by atoms with Gasteiger partial charge in [-0.1, -0.05) is 27.2 Å². The molecule has 2 aliphatic carbocycles. The highest BCUT2D eigenvalue weighted by Crippen LogP contribution is 2.66. The molecule has 0 aromatic heterocycles. The van der Waals surface area contributed by atoms with Crippen LogP contribution in [0.15, 0.2) is 0 Å². The number of hydrogen-bond acceptors (Lipinski definition) is 3. The lowest BCUT2D eigenvalue weighted by Crippen LogP contribution is -2.39. The first-order valence-corrected chi connectivity index (χ1v) is 8.85. The molecule has 3 atom stereocenters. The Morgan fingerprint density at radius 3 is 2.48 bits per heavy atom. The van der Waals surface area contributed by atoms with Crippen molar-refractivity contribution in [2.24, 2.45) is 16.7 Å². The second-order valence-corrected chi connectivity index (χ2v) is 8.24. The number of nitrogens with zero attached hydrogens (tertiary/aromatic N) is 1. The Balaban J connectivity index is 1.49. The molecule has 120 valence electrons. The van der Waals surface area contributed by atoms with Gasteiger partial charge in [-0.05, 0) is 56.5 Å². The zero-order valence-corrected chi connectivity index (χ0v) is 14.0. The Hall–Kier alpha value is -0.570. The first-order valence-electron chi connectivity index (χ1n) is 8.85. The van der Waals surface area contributed by atoms with Gasteiger partial charge in [0.1, 0.15) is 6.10 Å². The third-order valence-electron chi connectivity index (χ3n) is 7.07. The Labute approximate surface area is 129 Å². The largest absolute Gasteiger partial charge is 0.462 e. The molecular formula is C18H31NO2. The molecule has 2 bridgehead atoms. The molecule has 0 aromatic carbocycles. The second-order valence-electron chi connectivity index (χ2n) is 8.24. The van der Waals surface area contributed by atoms with E-state index in [2.05, 4.69) is 25.7 Å². The summed E-state index contributed by atoms with van der Waals surface area (Å²) in [5.74, 6) is 0.762. The zero-order chi connectivity index (χ0) is 15.1. The number of fused-ring (bicyclic) bond motifs is 2. The van der Waals surface area contributed by atoms with Crippen molar-refractivity contribution in [3.63, 3.8) is 0 Å². The molecule has 0 aromatic rings. The summed E-state index contributed by atoms with van der Waals surface area (Å²) in [6.07, 6.45) is 8.24. The van der Waals surface area contributed by atoms with Crippen LogP contribution < -0.4 is 0 Å². The van der Waals surface area contributed by atoms with Crippen LogP contribution >= 0.6 is 0 Å². The van der Waals surface area contributed by atoms with Crippen LogP contribution in [0.5, 0.6) is 0 Å². The highest BCUT2D eigenvalue weighted by atomic mass is 16.5. The zero-order valence-electron chi connectivity index (χ0n) is 14.0. The third-order valence-corrected chi connectivity index (χ3v) is 7.07. The van der Waals surface area contributed by atoms with Crippen molar-refractivity contribution in [3.05, 3.63) is 0 Å². The van der Waals surface area contributed by atoms with Crippen molar-refractivity contribution in [1.29, 1.82) is 0 Å². The first kappa shape index (κ1) is 15.3. The monoisotopic (exact) mass is 293 g/mol. The van der Waals surface area contributed by atoms with Crippen LogP contribution in [0.4, 0.5) is 0 Å². The molecule has 2 saturated carbocycles. The highest BCUT2D eigenvalue weighted by molar-refractivity contribution is 5.70. The summed E-state index contributed by atoms with van der Waals surface area (Å²) in [7, 11) is 0. The number of ether oxygens (including phenoxy) is 1. The Kier molecular flexibility index (Phi) is 4.06. The summed E-state index contributed by atoms with van der Waals surface area (Å²) in [5.41, 5.74) is 0.517. The van der Waals surface area contributed by atoms with E-state index in [0.29, 0.717) is 11.8 Å². The molecule has 0 unspecified atom stereocenters. The standard InChI is InChI=1S/C18H31NO2/c1-17(2)14-7-9-18(17,3)15(13-14)21-16(20)8-12-19-10-5-4-6-11-19/h14-15H,4-13H2,1-3H3/t14-,15+,18+/m1/s1. The van der Waals surface area contributed by atoms with Gasteiger partial charge in [-0.25, -0.2) is 0 Å². The average Bonchev–Trinajstić information content (AvgIpc) is 2.79. The molecule has 21 heavy (non-hydrogen) atoms. The Bertz CT molecular complexity index is 400. The lowest BCUT2D eigenvalue weighted by Gasteiger charge is -2.38. The summed E-state index contributed by atoms with van der Waals surface area (Å²) in [6, 6.07) is 0. The van der Waals surface area contributed by atoms with Crippen LogP contribution in [-0.2, 0) is 9.53 Å². The molecule has 3 rings (SSSR count). The van der Waals surface area contributed by atoms with Crippen molar-refractivity contribution in [2.45, 2.75) is 71.8 Å². The third kappa shape index (κ3) is 2.62. The van der Waals surface area contributed by atoms with Gasteiger partial charge in [-0.15, -0.1) is 0 Å². The van der Waals surface area contributed by atoms with E-state index in [9.17, 15) is 4.79 Å². The molecule has 3 aliphatic rings. The minimum absolute atomic E-state index is 0.0233. The van der Waals surface area contributed by atoms with Crippen LogP contribution in [0.1, 0.15) is 65.7 Å². The molecule has 0 N–H and O–H groups in total. The SMILES string of the molecule is CC1(C)[C@@H]2CC[C@@]1(C)[C@@H](OC(=O)CCN1CCCCC1)C2. The van der Waals surface area contributed by atoms with Gasteiger partial charge in [-0.3, -0.25) is 4.79 Å². The fourth-order valence-corrected chi connectivity index (χ4v) is 4.96. The maximum atomic E-state index is 12.2. The highest BCUT2D eigenvalue weighted by Gasteiger charge is 2.62. The van der Waals surface area contributed by atoms with E-state index in [1.807, 2.05) is 0 Å². The van der Waals surface area contributed by atoms with Crippen LogP contribution in [0.2, 0.25) is 0 Å². The van der Waals surface area contributed by atoms with Crippen molar-refractivity contribution < 1.29 is 9.53 Å². The molecule has 3 nitrogen and oxygen atoms in total. The lowest BCUT2D eigenvalue weighted by atomic mass is 9.70. The maximum absolute atomic E-state index is 12.2. The molecule has 0 spiro atoms. The molecule has 3 heteroatoms. The van der Waals surface area contributed by atoms with Crippen molar-refractivity contribution in [3.8, 4) is 0 Å². The van der Waals surface area contributed by atoms with Crippen LogP contribution in [-0.4, -0.2) is 36.6 Å². The minimum atomic E-state index is 0.0233. The van der Waals surface area contributed by atoms with Gasteiger partial charge in [0.2, 0.25) is 0 Å². The van der Waals surface area contributed by atoms with Crippen LogP contribution in [0.3, 0.4) is 0 Å². The van der Waals surface area contributed by atoms with Crippen molar-refractivity contribution in [1.82, 2.24) is 4.90 Å². The Morgan fingerprint density at radius 1 is 1.19 bits per heavy atom. The minimum Gasteiger partial charge on any atom is -0.462 e. The molecular weight excluding hydrogens is 262 g/mol. The average molecular weight is 293 g/mol. The summed E-state index contributed by atoms with van der Waals surface area (Å²) in [6.45, 7) is 10.3. The number of piperidine rings is 1. The number of carbonyl (C=O) groups is 1. The van der Waals surface area contributed by atoms with E-state index in [0.717, 1.165) is 32.0 Å². The Morgan fingerprint density at radius 2 is 1.90 bits per heavy atom. The molecule has 1 aliphatic heterocycles. The second kappa shape index (κ2) is 5.57. The van der Waals surface area contributed by atoms with E-state index in [4.69, 9.17) is 4.74 Å². The van der Waals surface area contributed by atoms with Gasteiger partial charge < -0.3 is 9.64 Å². The van der Waals surface area contributed by atoms with Gasteiger partial charge in [0.15, 0.2) is 0 Å². The predicted molar refractivity (Wildman–Crippen MR) is 84.0 cm³/mol. The van der Waals surface area contributed by atoms with E-state index >= 15 is 0 Å². The lowest BCUT2D eigenvalue weighted by molar-refractivity contribution is -0.157. The number of likely N-dealkylation sites (tertiary alicyclic amines) is 1. The van der Waals surface area contributed by atoms with Gasteiger partial charge in [0.25, 0.3) is 0 Å². The smallest absolute Gasteiger partial charge is 0.307 e. The predicted octanol–water partition coefficient (Wildman–Crippen LogP) is 3.62. The number of rotatable bonds is 4. The molecule has 3 fully saturated rings. The van der Waals surface area contributed by atoms with Crippen molar-refractivity contribution >= 4 is 5.97 Å². The van der Waals surface area contributed by atoms with E-state index in [-0.39, 0.29) is 17.5 Å². The van der Waals surface area contributed by atoms with E-state index in [1.165, 1.54) is 32.1 Å². The van der Waals surface area contributed by atoms with Crippen molar-refractivity contribution in [2.75, 3.05) is 19.6 Å². The molecule has 0 radical (unpaired) electrons. The fraction of sp³-hybridized carbons (Fsp3) is 0.944. The molecule has 1 saturated heterocycles. The number of carbonyl (C=O) groups excluding carboxylic acids is 1. The van der Waals surface area contributed by atoms with Crippen LogP contribution in [0.25, 0.3) is 0 Å². The van der Waals surface area contributed by atoms with E-state index in [1.54, 1.807) is 0 Å². The van der Waals surface area contributed by atoms with Crippen LogP contribution in [0, 0.1) is 16.7 Å². The van der Waals surface area contributed by atoms with Gasteiger partial charge >= 0.3 is 5.97 Å². The summed E-state index contributed by atoms with van der Waals surface area (Å²) in [4.78, 5) is 14.6. The topological polar surface area (TPSA) is 29.5 Å². The van der Waals surface area contributed by atoms with E-state index < -0.39 is 0 Å². The summed E-state index contributed by atoms with van der Waals surface area (Å²) < 4.78 is 5.91. The maximum Gasteiger partial charge on any atom is 0.307 e. The summed E-state index contributed by atoms with van der Waals surface area (Å²) in [5, 5.41) is 0. The number of esters is 1. The fourth-order valence-electron chi connectivity index (χ4n) is 4.96. The normalized spacial score (nSPS) is 38.6. The molecule has 1 heterocycles. The quantitative estimate of drug-likeness (QED) is 0.741.